The molecule has 102 valence electrons. The summed E-state index contributed by atoms with van der Waals surface area (Å²) in [5.74, 6) is -4.53. The molecule has 1 aromatic rings. The third kappa shape index (κ3) is 2.93. The second-order valence-corrected chi connectivity index (χ2v) is 3.85. The van der Waals surface area contributed by atoms with E-state index >= 15 is 0 Å². The first-order chi connectivity index (χ1) is 8.30. The van der Waals surface area contributed by atoms with Crippen molar-refractivity contribution in [2.24, 2.45) is 0 Å². The van der Waals surface area contributed by atoms with E-state index in [2.05, 4.69) is 0 Å². The van der Waals surface area contributed by atoms with Gasteiger partial charge in [-0.1, -0.05) is 11.6 Å². The largest absolute Gasteiger partial charge is 0.493 e. The van der Waals surface area contributed by atoms with E-state index in [1.54, 1.807) is 19.9 Å². The summed E-state index contributed by atoms with van der Waals surface area (Å²) in [6.07, 6.45) is -6.54. The van der Waals surface area contributed by atoms with Gasteiger partial charge in [0.05, 0.1) is 6.61 Å². The average molecular weight is 266 g/mol. The molecule has 0 amide bonds. The minimum atomic E-state index is -4.51. The van der Waals surface area contributed by atoms with Crippen LogP contribution >= 0.6 is 0 Å². The van der Waals surface area contributed by atoms with Gasteiger partial charge in [-0.15, -0.1) is 0 Å². The molecule has 0 spiro atoms. The Bertz CT molecular complexity index is 407. The minimum Gasteiger partial charge on any atom is -0.493 e. The molecule has 0 heterocycles. The Labute approximate surface area is 102 Å². The van der Waals surface area contributed by atoms with Gasteiger partial charge in [0, 0.05) is 5.56 Å². The quantitative estimate of drug-likeness (QED) is 0.828. The Morgan fingerprint density at radius 3 is 2.44 bits per heavy atom. The number of ether oxygens (including phenoxy) is 1. The molecule has 0 saturated heterocycles. The molecule has 0 aromatic heterocycles. The molecule has 0 radical (unpaired) electrons. The van der Waals surface area contributed by atoms with Gasteiger partial charge >= 0.3 is 12.3 Å². The summed E-state index contributed by atoms with van der Waals surface area (Å²) in [6.45, 7) is 3.41. The van der Waals surface area contributed by atoms with Crippen LogP contribution in [0.2, 0.25) is 0 Å². The first-order valence-electron chi connectivity index (χ1n) is 5.38. The van der Waals surface area contributed by atoms with Gasteiger partial charge in [-0.2, -0.15) is 8.78 Å². The van der Waals surface area contributed by atoms with Crippen molar-refractivity contribution in [2.45, 2.75) is 32.3 Å². The lowest BCUT2D eigenvalue weighted by atomic mass is 10.0. The lowest BCUT2D eigenvalue weighted by Crippen LogP contribution is -2.34. The minimum absolute atomic E-state index is 0.0177. The molecule has 0 bridgehead atoms. The predicted molar refractivity (Wildman–Crippen MR) is 58.3 cm³/mol. The molecule has 18 heavy (non-hydrogen) atoms. The first-order valence-corrected chi connectivity index (χ1v) is 5.38. The topological polar surface area (TPSA) is 29.5 Å². The Morgan fingerprint density at radius 2 is 1.94 bits per heavy atom. The highest BCUT2D eigenvalue weighted by Crippen LogP contribution is 2.40. The van der Waals surface area contributed by atoms with E-state index < -0.39 is 18.5 Å². The van der Waals surface area contributed by atoms with Crippen LogP contribution in [-0.2, 0) is 0 Å². The maximum Gasteiger partial charge on any atom is 0.336 e. The van der Waals surface area contributed by atoms with E-state index in [0.717, 1.165) is 0 Å². The van der Waals surface area contributed by atoms with E-state index in [-0.39, 0.29) is 17.9 Å². The van der Waals surface area contributed by atoms with Gasteiger partial charge in [-0.05, 0) is 26.0 Å². The average Bonchev–Trinajstić information content (AvgIpc) is 2.30. The number of hydrogen-bond acceptors (Lipinski definition) is 2. The SMILES string of the molecule is CCOc1ccc(C)cc1C(O)C(F)(F)C(F)F. The van der Waals surface area contributed by atoms with Gasteiger partial charge in [-0.25, -0.2) is 8.78 Å². The van der Waals surface area contributed by atoms with Crippen LogP contribution in [0, 0.1) is 6.92 Å². The number of alkyl halides is 4. The van der Waals surface area contributed by atoms with E-state index in [0.29, 0.717) is 5.56 Å². The van der Waals surface area contributed by atoms with Crippen LogP contribution < -0.4 is 4.74 Å². The molecular weight excluding hydrogens is 252 g/mol. The van der Waals surface area contributed by atoms with Crippen molar-refractivity contribution in [3.05, 3.63) is 29.3 Å². The van der Waals surface area contributed by atoms with Crippen molar-refractivity contribution in [1.29, 1.82) is 0 Å². The van der Waals surface area contributed by atoms with Crippen LogP contribution in [0.5, 0.6) is 5.75 Å². The van der Waals surface area contributed by atoms with E-state index in [9.17, 15) is 22.7 Å². The fraction of sp³-hybridized carbons (Fsp3) is 0.500. The standard InChI is InChI=1S/C12H14F4O2/c1-3-18-9-5-4-7(2)6-8(9)10(17)12(15,16)11(13)14/h4-6,10-11,17H,3H2,1-2H3. The monoisotopic (exact) mass is 266 g/mol. The van der Waals surface area contributed by atoms with Gasteiger partial charge < -0.3 is 9.84 Å². The molecule has 0 aliphatic heterocycles. The fourth-order valence-electron chi connectivity index (χ4n) is 1.50. The summed E-state index contributed by atoms with van der Waals surface area (Å²) in [4.78, 5) is 0. The number of benzene rings is 1. The maximum atomic E-state index is 13.1. The van der Waals surface area contributed by atoms with Crippen LogP contribution in [0.3, 0.4) is 0 Å². The Kier molecular flexibility index (Phi) is 4.56. The zero-order valence-corrected chi connectivity index (χ0v) is 9.96. The van der Waals surface area contributed by atoms with Crippen LogP contribution in [0.4, 0.5) is 17.6 Å². The molecule has 1 rings (SSSR count). The van der Waals surface area contributed by atoms with Crippen molar-refractivity contribution in [3.8, 4) is 5.75 Å². The molecule has 0 fully saturated rings. The number of hydrogen-bond donors (Lipinski definition) is 1. The Morgan fingerprint density at radius 1 is 1.33 bits per heavy atom. The summed E-state index contributed by atoms with van der Waals surface area (Å²) >= 11 is 0. The van der Waals surface area contributed by atoms with E-state index in [1.807, 2.05) is 0 Å². The number of aryl methyl sites for hydroxylation is 1. The predicted octanol–water partition coefficient (Wildman–Crippen LogP) is 3.33. The lowest BCUT2D eigenvalue weighted by Gasteiger charge is -2.24. The molecule has 1 aromatic carbocycles. The fourth-order valence-corrected chi connectivity index (χ4v) is 1.50. The summed E-state index contributed by atoms with van der Waals surface area (Å²) in [5, 5.41) is 9.44. The maximum absolute atomic E-state index is 13.1. The van der Waals surface area contributed by atoms with Crippen LogP contribution in [0.1, 0.15) is 24.2 Å². The smallest absolute Gasteiger partial charge is 0.336 e. The van der Waals surface area contributed by atoms with Crippen molar-refractivity contribution in [3.63, 3.8) is 0 Å². The highest BCUT2D eigenvalue weighted by Gasteiger charge is 2.49. The molecule has 2 nitrogen and oxygen atoms in total. The van der Waals surface area contributed by atoms with Crippen LogP contribution in [0.15, 0.2) is 18.2 Å². The van der Waals surface area contributed by atoms with Crippen LogP contribution in [0.25, 0.3) is 0 Å². The van der Waals surface area contributed by atoms with Crippen molar-refractivity contribution < 1.29 is 27.4 Å². The van der Waals surface area contributed by atoms with Gasteiger partial charge in [0.1, 0.15) is 5.75 Å². The normalized spacial score (nSPS) is 13.8. The van der Waals surface area contributed by atoms with Crippen molar-refractivity contribution in [2.75, 3.05) is 6.61 Å². The molecule has 0 saturated carbocycles. The number of rotatable bonds is 5. The van der Waals surface area contributed by atoms with Crippen molar-refractivity contribution >= 4 is 0 Å². The second-order valence-electron chi connectivity index (χ2n) is 3.85. The highest BCUT2D eigenvalue weighted by molar-refractivity contribution is 5.39. The van der Waals surface area contributed by atoms with Crippen LogP contribution in [-0.4, -0.2) is 24.1 Å². The molecule has 6 heteroatoms. The molecule has 1 unspecified atom stereocenters. The number of halogens is 4. The number of aliphatic hydroxyl groups excluding tert-OH is 1. The molecule has 1 atom stereocenters. The number of aliphatic hydroxyl groups is 1. The summed E-state index contributed by atoms with van der Waals surface area (Å²) in [6, 6.07) is 4.17. The van der Waals surface area contributed by atoms with Gasteiger partial charge in [0.25, 0.3) is 0 Å². The first kappa shape index (κ1) is 14.8. The zero-order chi connectivity index (χ0) is 13.9. The second kappa shape index (κ2) is 5.56. The Balaban J connectivity index is 3.18. The van der Waals surface area contributed by atoms with Gasteiger partial charge in [-0.3, -0.25) is 0 Å². The molecular formula is C12H14F4O2. The zero-order valence-electron chi connectivity index (χ0n) is 9.96. The van der Waals surface area contributed by atoms with E-state index in [1.165, 1.54) is 12.1 Å². The van der Waals surface area contributed by atoms with Gasteiger partial charge in [0.2, 0.25) is 0 Å². The lowest BCUT2D eigenvalue weighted by molar-refractivity contribution is -0.194. The third-order valence-electron chi connectivity index (χ3n) is 2.42. The molecule has 0 aliphatic carbocycles. The third-order valence-corrected chi connectivity index (χ3v) is 2.42. The molecule has 1 N–H and O–H groups in total. The summed E-state index contributed by atoms with van der Waals surface area (Å²) in [7, 11) is 0. The summed E-state index contributed by atoms with van der Waals surface area (Å²) in [5.41, 5.74) is 0.236. The van der Waals surface area contributed by atoms with E-state index in [4.69, 9.17) is 4.74 Å². The van der Waals surface area contributed by atoms with Gasteiger partial charge in [0.15, 0.2) is 6.10 Å². The van der Waals surface area contributed by atoms with Crippen molar-refractivity contribution in [1.82, 2.24) is 0 Å². The highest BCUT2D eigenvalue weighted by atomic mass is 19.3. The summed E-state index contributed by atoms with van der Waals surface area (Å²) < 4.78 is 55.7. The molecule has 0 aliphatic rings. The Hall–Kier alpha value is -1.30.